The Morgan fingerprint density at radius 3 is 2.64 bits per heavy atom. The molecule has 170 valence electrons. The average molecular weight is 442 g/mol. The van der Waals surface area contributed by atoms with Gasteiger partial charge in [-0.3, -0.25) is 9.78 Å². The van der Waals surface area contributed by atoms with E-state index in [-0.39, 0.29) is 11.9 Å². The molecule has 5 rings (SSSR count). The summed E-state index contributed by atoms with van der Waals surface area (Å²) in [5.74, 6) is 1.91. The highest BCUT2D eigenvalue weighted by atomic mass is 16.2. The number of hydrogen-bond donors (Lipinski definition) is 0. The van der Waals surface area contributed by atoms with Crippen molar-refractivity contribution in [1.82, 2.24) is 19.9 Å². The molecule has 6 heteroatoms. The van der Waals surface area contributed by atoms with Crippen LogP contribution in [-0.2, 0) is 12.8 Å². The first-order valence-corrected chi connectivity index (χ1v) is 12.1. The number of pyridine rings is 1. The predicted octanol–water partition coefficient (Wildman–Crippen LogP) is 4.54. The first-order chi connectivity index (χ1) is 16.2. The SMILES string of the molecule is Cc1nc([C@H]2CCCCN2C(=O)c2ccncc2)nc2c1CCCN2CCc1ccccc1. The number of benzene rings is 1. The summed E-state index contributed by atoms with van der Waals surface area (Å²) in [4.78, 5) is 31.8. The van der Waals surface area contributed by atoms with E-state index in [4.69, 9.17) is 9.97 Å². The first-order valence-electron chi connectivity index (χ1n) is 12.1. The topological polar surface area (TPSA) is 62.2 Å². The van der Waals surface area contributed by atoms with Gasteiger partial charge in [0.25, 0.3) is 5.91 Å². The molecule has 0 saturated carbocycles. The van der Waals surface area contributed by atoms with Crippen molar-refractivity contribution in [3.8, 4) is 0 Å². The largest absolute Gasteiger partial charge is 0.356 e. The van der Waals surface area contributed by atoms with Crippen LogP contribution < -0.4 is 4.90 Å². The van der Waals surface area contributed by atoms with E-state index >= 15 is 0 Å². The van der Waals surface area contributed by atoms with Gasteiger partial charge < -0.3 is 9.80 Å². The Hall–Kier alpha value is -3.28. The lowest BCUT2D eigenvalue weighted by Gasteiger charge is -2.37. The molecule has 0 spiro atoms. The Morgan fingerprint density at radius 2 is 1.82 bits per heavy atom. The summed E-state index contributed by atoms with van der Waals surface area (Å²) >= 11 is 0. The Morgan fingerprint density at radius 1 is 1.00 bits per heavy atom. The van der Waals surface area contributed by atoms with Crippen LogP contribution in [-0.4, -0.2) is 45.4 Å². The third-order valence-electron chi connectivity index (χ3n) is 6.87. The number of likely N-dealkylation sites (tertiary alicyclic amines) is 1. The van der Waals surface area contributed by atoms with Gasteiger partial charge in [-0.15, -0.1) is 0 Å². The minimum Gasteiger partial charge on any atom is -0.356 e. The Labute approximate surface area is 195 Å². The molecule has 1 amide bonds. The lowest BCUT2D eigenvalue weighted by molar-refractivity contribution is 0.0599. The van der Waals surface area contributed by atoms with Gasteiger partial charge in [0.1, 0.15) is 5.82 Å². The minimum absolute atomic E-state index is 0.0435. The van der Waals surface area contributed by atoms with Gasteiger partial charge in [-0.1, -0.05) is 30.3 Å². The van der Waals surface area contributed by atoms with Gasteiger partial charge in [0.05, 0.1) is 6.04 Å². The predicted molar refractivity (Wildman–Crippen MR) is 129 cm³/mol. The maximum atomic E-state index is 13.3. The van der Waals surface area contributed by atoms with Crippen molar-refractivity contribution >= 4 is 11.7 Å². The summed E-state index contributed by atoms with van der Waals surface area (Å²) in [5, 5.41) is 0. The summed E-state index contributed by atoms with van der Waals surface area (Å²) in [7, 11) is 0. The number of rotatable bonds is 5. The summed E-state index contributed by atoms with van der Waals surface area (Å²) in [6.07, 6.45) is 9.50. The van der Waals surface area contributed by atoms with E-state index in [1.165, 1.54) is 11.1 Å². The molecule has 0 aliphatic carbocycles. The molecule has 0 bridgehead atoms. The molecule has 1 aromatic carbocycles. The van der Waals surface area contributed by atoms with Crippen LogP contribution in [0.2, 0.25) is 0 Å². The summed E-state index contributed by atoms with van der Waals surface area (Å²) in [6.45, 7) is 4.79. The number of amides is 1. The number of piperidine rings is 1. The third-order valence-corrected chi connectivity index (χ3v) is 6.87. The maximum absolute atomic E-state index is 13.3. The van der Waals surface area contributed by atoms with E-state index in [0.717, 1.165) is 75.5 Å². The summed E-state index contributed by atoms with van der Waals surface area (Å²) in [6, 6.07) is 14.1. The van der Waals surface area contributed by atoms with Crippen molar-refractivity contribution in [3.63, 3.8) is 0 Å². The number of nitrogens with zero attached hydrogens (tertiary/aromatic N) is 5. The fourth-order valence-corrected chi connectivity index (χ4v) is 5.09. The van der Waals surface area contributed by atoms with Crippen molar-refractivity contribution in [2.24, 2.45) is 0 Å². The molecule has 4 heterocycles. The molecule has 1 saturated heterocycles. The van der Waals surface area contributed by atoms with Crippen molar-refractivity contribution in [3.05, 3.63) is 83.1 Å². The van der Waals surface area contributed by atoms with Crippen LogP contribution in [0.1, 0.15) is 64.7 Å². The fraction of sp³-hybridized carbons (Fsp3) is 0.407. The fourth-order valence-electron chi connectivity index (χ4n) is 5.09. The standard InChI is InChI=1S/C27H31N5O/c1-20-23-10-7-17-31(19-14-21-8-3-2-4-9-21)26(23)30-25(29-20)24-11-5-6-18-32(24)27(33)22-12-15-28-16-13-22/h2-4,8-9,12-13,15-16,24H,5-7,10-11,14,17-19H2,1H3/t24-/m1/s1. The molecule has 33 heavy (non-hydrogen) atoms. The van der Waals surface area contributed by atoms with Gasteiger partial charge in [0.15, 0.2) is 5.82 Å². The van der Waals surface area contributed by atoms with E-state index in [2.05, 4.69) is 47.1 Å². The number of carbonyl (C=O) groups excluding carboxylic acids is 1. The van der Waals surface area contributed by atoms with E-state index < -0.39 is 0 Å². The molecule has 1 fully saturated rings. The number of anilines is 1. The first kappa shape index (κ1) is 21.6. The van der Waals surface area contributed by atoms with Gasteiger partial charge in [0, 0.05) is 48.8 Å². The lowest BCUT2D eigenvalue weighted by atomic mass is 9.98. The van der Waals surface area contributed by atoms with Gasteiger partial charge in [-0.25, -0.2) is 9.97 Å². The number of aryl methyl sites for hydroxylation is 1. The number of fused-ring (bicyclic) bond motifs is 1. The van der Waals surface area contributed by atoms with Crippen molar-refractivity contribution in [2.45, 2.75) is 51.5 Å². The quantitative estimate of drug-likeness (QED) is 0.582. The molecular weight excluding hydrogens is 410 g/mol. The number of hydrogen-bond acceptors (Lipinski definition) is 5. The second-order valence-corrected chi connectivity index (χ2v) is 9.04. The maximum Gasteiger partial charge on any atom is 0.254 e. The van der Waals surface area contributed by atoms with Crippen LogP contribution in [0.25, 0.3) is 0 Å². The molecule has 2 aromatic heterocycles. The van der Waals surface area contributed by atoms with Crippen molar-refractivity contribution in [2.75, 3.05) is 24.5 Å². The van der Waals surface area contributed by atoms with Crippen LogP contribution in [0.15, 0.2) is 54.9 Å². The van der Waals surface area contributed by atoms with Gasteiger partial charge in [-0.05, 0) is 63.1 Å². The Balaban J connectivity index is 1.43. The number of carbonyl (C=O) groups is 1. The smallest absolute Gasteiger partial charge is 0.254 e. The summed E-state index contributed by atoms with van der Waals surface area (Å²) in [5.41, 5.74) is 4.34. The van der Waals surface area contributed by atoms with Crippen molar-refractivity contribution < 1.29 is 4.79 Å². The highest BCUT2D eigenvalue weighted by Crippen LogP contribution is 2.34. The van der Waals surface area contributed by atoms with Crippen LogP contribution in [0.3, 0.4) is 0 Å². The zero-order valence-corrected chi connectivity index (χ0v) is 19.3. The zero-order valence-electron chi connectivity index (χ0n) is 19.3. The molecule has 0 unspecified atom stereocenters. The molecule has 6 nitrogen and oxygen atoms in total. The van der Waals surface area contributed by atoms with E-state index in [0.29, 0.717) is 5.56 Å². The van der Waals surface area contributed by atoms with Gasteiger partial charge in [0.2, 0.25) is 0 Å². The van der Waals surface area contributed by atoms with Gasteiger partial charge >= 0.3 is 0 Å². The monoisotopic (exact) mass is 441 g/mol. The molecule has 3 aromatic rings. The van der Waals surface area contributed by atoms with E-state index in [1.54, 1.807) is 24.5 Å². The normalized spacial score (nSPS) is 18.2. The van der Waals surface area contributed by atoms with E-state index in [1.807, 2.05) is 4.90 Å². The molecule has 2 aliphatic rings. The highest BCUT2D eigenvalue weighted by Gasteiger charge is 2.32. The average Bonchev–Trinajstić information content (AvgIpc) is 2.88. The lowest BCUT2D eigenvalue weighted by Crippen LogP contribution is -2.40. The summed E-state index contributed by atoms with van der Waals surface area (Å²) < 4.78 is 0. The number of aromatic nitrogens is 3. The molecule has 0 N–H and O–H groups in total. The zero-order chi connectivity index (χ0) is 22.6. The molecular formula is C27H31N5O. The third kappa shape index (κ3) is 4.61. The highest BCUT2D eigenvalue weighted by molar-refractivity contribution is 5.94. The van der Waals surface area contributed by atoms with Crippen molar-refractivity contribution in [1.29, 1.82) is 0 Å². The second kappa shape index (κ2) is 9.69. The molecule has 2 aliphatic heterocycles. The second-order valence-electron chi connectivity index (χ2n) is 9.04. The van der Waals surface area contributed by atoms with Crippen LogP contribution in [0.5, 0.6) is 0 Å². The Kier molecular flexibility index (Phi) is 6.33. The van der Waals surface area contributed by atoms with Crippen LogP contribution in [0.4, 0.5) is 5.82 Å². The van der Waals surface area contributed by atoms with E-state index in [9.17, 15) is 4.79 Å². The minimum atomic E-state index is -0.0821. The van der Waals surface area contributed by atoms with Crippen LogP contribution in [0, 0.1) is 6.92 Å². The Bertz CT molecular complexity index is 1100. The molecule has 1 atom stereocenters. The molecule has 0 radical (unpaired) electrons. The van der Waals surface area contributed by atoms with Gasteiger partial charge in [-0.2, -0.15) is 0 Å². The van der Waals surface area contributed by atoms with Crippen LogP contribution >= 0.6 is 0 Å².